The van der Waals surface area contributed by atoms with E-state index in [4.69, 9.17) is 14.9 Å². The van der Waals surface area contributed by atoms with Gasteiger partial charge in [0.1, 0.15) is 5.75 Å². The van der Waals surface area contributed by atoms with Crippen molar-refractivity contribution in [1.82, 2.24) is 24.2 Å². The number of piperidine rings is 1. The molecular weight excluding hydrogens is 568 g/mol. The van der Waals surface area contributed by atoms with E-state index < -0.39 is 21.7 Å². The second-order valence-corrected chi connectivity index (χ2v) is 13.7. The summed E-state index contributed by atoms with van der Waals surface area (Å²) in [7, 11) is -2.07. The van der Waals surface area contributed by atoms with Gasteiger partial charge in [-0.15, -0.1) is 5.10 Å². The highest BCUT2D eigenvalue weighted by Gasteiger charge is 2.24. The molecule has 1 aliphatic heterocycles. The molecule has 0 aliphatic carbocycles. The fourth-order valence-electron chi connectivity index (χ4n) is 5.45. The number of aliphatic hydroxyl groups excluding tert-OH is 2. The average Bonchev–Trinajstić information content (AvgIpc) is 3.40. The molecule has 1 aliphatic rings. The molecule has 4 aromatic rings. The standard InChI is InChI=1S/C31H40N6O5S/c1-31(2,3)35-43(40,41)26-7-5-6-23(16-26)28-11-9-24-18-32-30(34-37(24)28)33-27-10-8-22(17-29(27)42-4)21-12-14-36(15-13-21)19-25(39)20-38/h5-11,16-18,21,25,35,38-39H,12-15,19-20H2,1-4H3,(H,33,34). The number of aromatic nitrogens is 3. The zero-order valence-corrected chi connectivity index (χ0v) is 25.8. The predicted molar refractivity (Wildman–Crippen MR) is 166 cm³/mol. The van der Waals surface area contributed by atoms with Gasteiger partial charge in [-0.1, -0.05) is 18.2 Å². The van der Waals surface area contributed by atoms with Crippen LogP contribution in [-0.4, -0.2) is 83.1 Å². The van der Waals surface area contributed by atoms with Gasteiger partial charge in [0.2, 0.25) is 16.0 Å². The molecular formula is C31H40N6O5S. The highest BCUT2D eigenvalue weighted by atomic mass is 32.2. The SMILES string of the molecule is COc1cc(C2CCN(CC(O)CO)CC2)ccc1Nc1ncc2ccc(-c3cccc(S(=O)(=O)NC(C)(C)C)c3)n2n1. The van der Waals surface area contributed by atoms with Crippen LogP contribution in [0.2, 0.25) is 0 Å². The van der Waals surface area contributed by atoms with Gasteiger partial charge >= 0.3 is 0 Å². The van der Waals surface area contributed by atoms with Gasteiger partial charge in [0.15, 0.2) is 0 Å². The first kappa shape index (κ1) is 30.9. The zero-order valence-electron chi connectivity index (χ0n) is 25.0. The highest BCUT2D eigenvalue weighted by molar-refractivity contribution is 7.89. The average molecular weight is 609 g/mol. The van der Waals surface area contributed by atoms with Gasteiger partial charge in [0.05, 0.1) is 47.8 Å². The molecule has 1 unspecified atom stereocenters. The third-order valence-electron chi connectivity index (χ3n) is 7.49. The van der Waals surface area contributed by atoms with Crippen molar-refractivity contribution in [3.63, 3.8) is 0 Å². The van der Waals surface area contributed by atoms with Crippen LogP contribution >= 0.6 is 0 Å². The Kier molecular flexibility index (Phi) is 9.04. The summed E-state index contributed by atoms with van der Waals surface area (Å²) >= 11 is 0. The van der Waals surface area contributed by atoms with Crippen LogP contribution in [-0.2, 0) is 10.0 Å². The van der Waals surface area contributed by atoms with E-state index in [9.17, 15) is 13.5 Å². The monoisotopic (exact) mass is 608 g/mol. The molecule has 1 saturated heterocycles. The summed E-state index contributed by atoms with van der Waals surface area (Å²) < 4.78 is 36.1. The molecule has 43 heavy (non-hydrogen) atoms. The molecule has 5 rings (SSSR count). The normalized spacial score (nSPS) is 16.0. The Bertz CT molecular complexity index is 1680. The Morgan fingerprint density at radius 2 is 1.86 bits per heavy atom. The molecule has 230 valence electrons. The molecule has 4 N–H and O–H groups in total. The number of hydrogen-bond donors (Lipinski definition) is 4. The molecule has 2 aromatic carbocycles. The molecule has 0 bridgehead atoms. The largest absolute Gasteiger partial charge is 0.495 e. The van der Waals surface area contributed by atoms with Gasteiger partial charge in [-0.3, -0.25) is 0 Å². The summed E-state index contributed by atoms with van der Waals surface area (Å²) in [6.07, 6.45) is 2.92. The van der Waals surface area contributed by atoms with Crippen LogP contribution in [0.3, 0.4) is 0 Å². The van der Waals surface area contributed by atoms with Crippen molar-refractivity contribution < 1.29 is 23.4 Å². The molecule has 1 atom stereocenters. The lowest BCUT2D eigenvalue weighted by Gasteiger charge is -2.33. The fourth-order valence-corrected chi connectivity index (χ4v) is 6.92. The van der Waals surface area contributed by atoms with Crippen molar-refractivity contribution in [3.05, 3.63) is 66.4 Å². The first-order valence-electron chi connectivity index (χ1n) is 14.4. The summed E-state index contributed by atoms with van der Waals surface area (Å²) in [6.45, 7) is 7.41. The Balaban J connectivity index is 1.35. The van der Waals surface area contributed by atoms with Gasteiger partial charge in [-0.05, 0) is 94.6 Å². The van der Waals surface area contributed by atoms with E-state index in [1.165, 1.54) is 5.56 Å². The fraction of sp³-hybridized carbons (Fsp3) is 0.419. The number of nitrogens with one attached hydrogen (secondary N) is 2. The van der Waals surface area contributed by atoms with E-state index in [0.29, 0.717) is 29.7 Å². The summed E-state index contributed by atoms with van der Waals surface area (Å²) in [5.74, 6) is 1.42. The maximum atomic E-state index is 13.0. The molecule has 0 spiro atoms. The lowest BCUT2D eigenvalue weighted by atomic mass is 9.89. The van der Waals surface area contributed by atoms with Crippen LogP contribution in [0.25, 0.3) is 16.8 Å². The number of β-amino-alcohol motifs (C(OH)–C–C–N with tert-alkyl or cyclic N) is 1. The maximum absolute atomic E-state index is 13.0. The first-order valence-corrected chi connectivity index (χ1v) is 15.9. The lowest BCUT2D eigenvalue weighted by molar-refractivity contribution is 0.0513. The number of methoxy groups -OCH3 is 1. The molecule has 3 heterocycles. The minimum atomic E-state index is -3.70. The Morgan fingerprint density at radius 3 is 2.56 bits per heavy atom. The molecule has 2 aromatic heterocycles. The summed E-state index contributed by atoms with van der Waals surface area (Å²) in [5, 5.41) is 26.9. The Hall–Kier alpha value is -3.55. The molecule has 0 saturated carbocycles. The van der Waals surface area contributed by atoms with Gasteiger partial charge in [0, 0.05) is 17.6 Å². The number of hydrogen-bond acceptors (Lipinski definition) is 9. The molecule has 1 fully saturated rings. The summed E-state index contributed by atoms with van der Waals surface area (Å²) in [4.78, 5) is 6.85. The Morgan fingerprint density at radius 1 is 1.09 bits per heavy atom. The zero-order chi connectivity index (χ0) is 30.8. The third-order valence-corrected chi connectivity index (χ3v) is 9.25. The second-order valence-electron chi connectivity index (χ2n) is 12.0. The third kappa shape index (κ3) is 7.34. The van der Waals surface area contributed by atoms with E-state index in [0.717, 1.165) is 42.8 Å². The van der Waals surface area contributed by atoms with Crippen molar-refractivity contribution in [2.45, 2.75) is 56.1 Å². The molecule has 0 radical (unpaired) electrons. The lowest BCUT2D eigenvalue weighted by Crippen LogP contribution is -2.40. The minimum absolute atomic E-state index is 0.181. The van der Waals surface area contributed by atoms with Gasteiger partial charge < -0.3 is 25.2 Å². The van der Waals surface area contributed by atoms with E-state index >= 15 is 0 Å². The van der Waals surface area contributed by atoms with Gasteiger partial charge in [-0.2, -0.15) is 0 Å². The topological polar surface area (TPSA) is 141 Å². The first-order chi connectivity index (χ1) is 20.5. The van der Waals surface area contributed by atoms with Crippen LogP contribution in [0, 0.1) is 0 Å². The number of nitrogens with zero attached hydrogens (tertiary/aromatic N) is 4. The predicted octanol–water partition coefficient (Wildman–Crippen LogP) is 3.76. The van der Waals surface area contributed by atoms with Crippen molar-refractivity contribution in [3.8, 4) is 17.0 Å². The minimum Gasteiger partial charge on any atom is -0.495 e. The number of aliphatic hydroxyl groups is 2. The van der Waals surface area contributed by atoms with E-state index in [2.05, 4.69) is 26.0 Å². The van der Waals surface area contributed by atoms with Crippen LogP contribution in [0.1, 0.15) is 45.1 Å². The number of likely N-dealkylation sites (tertiary alicyclic amines) is 1. The molecule has 0 amide bonds. The smallest absolute Gasteiger partial charge is 0.245 e. The van der Waals surface area contributed by atoms with Crippen molar-refractivity contribution in [2.24, 2.45) is 0 Å². The van der Waals surface area contributed by atoms with E-state index in [1.807, 2.05) is 30.3 Å². The molecule has 12 heteroatoms. The van der Waals surface area contributed by atoms with Crippen molar-refractivity contribution in [1.29, 1.82) is 0 Å². The number of benzene rings is 2. The highest BCUT2D eigenvalue weighted by Crippen LogP contribution is 2.35. The second kappa shape index (κ2) is 12.6. The van der Waals surface area contributed by atoms with Crippen molar-refractivity contribution >= 4 is 27.2 Å². The quantitative estimate of drug-likeness (QED) is 0.212. The number of sulfonamides is 1. The number of anilines is 2. The van der Waals surface area contributed by atoms with Gasteiger partial charge in [-0.25, -0.2) is 22.6 Å². The van der Waals surface area contributed by atoms with Crippen molar-refractivity contribution in [2.75, 3.05) is 38.7 Å². The number of rotatable bonds is 10. The number of fused-ring (bicyclic) bond motifs is 1. The van der Waals surface area contributed by atoms with Crippen LogP contribution in [0.15, 0.2) is 65.7 Å². The van der Waals surface area contributed by atoms with Gasteiger partial charge in [0.25, 0.3) is 0 Å². The maximum Gasteiger partial charge on any atom is 0.245 e. The van der Waals surface area contributed by atoms with Crippen LogP contribution < -0.4 is 14.8 Å². The summed E-state index contributed by atoms with van der Waals surface area (Å²) in [5.41, 5.74) is 3.51. The van der Waals surface area contributed by atoms with Crippen LogP contribution in [0.4, 0.5) is 11.6 Å². The summed E-state index contributed by atoms with van der Waals surface area (Å²) in [6, 6.07) is 16.7. The Labute approximate surface area is 252 Å². The van der Waals surface area contributed by atoms with E-state index in [1.54, 1.807) is 56.8 Å². The molecule has 11 nitrogen and oxygen atoms in total. The van der Waals surface area contributed by atoms with Crippen LogP contribution in [0.5, 0.6) is 5.75 Å². The van der Waals surface area contributed by atoms with E-state index in [-0.39, 0.29) is 11.5 Å². The number of ether oxygens (including phenoxy) is 1.